The van der Waals surface area contributed by atoms with Crippen LogP contribution in [0.5, 0.6) is 0 Å². The molecule has 19 heavy (non-hydrogen) atoms. The molecule has 3 nitrogen and oxygen atoms in total. The second kappa shape index (κ2) is 6.55. The van der Waals surface area contributed by atoms with E-state index in [2.05, 4.69) is 18.7 Å². The molecule has 0 aromatic rings. The van der Waals surface area contributed by atoms with Gasteiger partial charge in [-0.05, 0) is 63.5 Å². The fraction of sp³-hybridized carbons (Fsp3) is 1.00. The average molecular weight is 269 g/mol. The molecule has 2 rings (SSSR count). The van der Waals surface area contributed by atoms with Gasteiger partial charge < -0.3 is 15.1 Å². The molecule has 0 aromatic carbocycles. The van der Waals surface area contributed by atoms with E-state index in [1.165, 1.54) is 6.42 Å². The van der Waals surface area contributed by atoms with Gasteiger partial charge in [0.1, 0.15) is 0 Å². The lowest BCUT2D eigenvalue weighted by atomic mass is 9.73. The summed E-state index contributed by atoms with van der Waals surface area (Å²) in [5, 5.41) is 20.0. The van der Waals surface area contributed by atoms with Crippen LogP contribution in [-0.2, 0) is 0 Å². The van der Waals surface area contributed by atoms with Crippen LogP contribution in [0.15, 0.2) is 0 Å². The van der Waals surface area contributed by atoms with Gasteiger partial charge in [-0.2, -0.15) is 0 Å². The number of rotatable bonds is 3. The first-order valence-electron chi connectivity index (χ1n) is 8.05. The highest BCUT2D eigenvalue weighted by atomic mass is 16.3. The highest BCUT2D eigenvalue weighted by Crippen LogP contribution is 2.35. The maximum absolute atomic E-state index is 10.3. The Labute approximate surface area is 118 Å². The first kappa shape index (κ1) is 15.3. The van der Waals surface area contributed by atoms with Gasteiger partial charge in [0, 0.05) is 12.5 Å². The Morgan fingerprint density at radius 3 is 2.32 bits per heavy atom. The minimum atomic E-state index is -0.165. The summed E-state index contributed by atoms with van der Waals surface area (Å²) >= 11 is 0. The largest absolute Gasteiger partial charge is 0.393 e. The summed E-state index contributed by atoms with van der Waals surface area (Å²) in [4.78, 5) is 2.50. The summed E-state index contributed by atoms with van der Waals surface area (Å²) in [5.41, 5.74) is 0. The molecule has 1 heterocycles. The van der Waals surface area contributed by atoms with E-state index in [1.54, 1.807) is 0 Å². The number of hydrogen-bond acceptors (Lipinski definition) is 3. The zero-order valence-electron chi connectivity index (χ0n) is 12.8. The lowest BCUT2D eigenvalue weighted by Gasteiger charge is -2.41. The van der Waals surface area contributed by atoms with Crippen molar-refractivity contribution in [3.8, 4) is 0 Å². The SMILES string of the molecule is CC1CC(C)C(CN2CCC(C(C)O)CC2)C(O)C1. The van der Waals surface area contributed by atoms with Crippen molar-refractivity contribution < 1.29 is 10.2 Å². The van der Waals surface area contributed by atoms with E-state index in [-0.39, 0.29) is 12.2 Å². The van der Waals surface area contributed by atoms with E-state index in [0.717, 1.165) is 38.9 Å². The van der Waals surface area contributed by atoms with Crippen LogP contribution in [0.3, 0.4) is 0 Å². The van der Waals surface area contributed by atoms with Crippen LogP contribution in [0.25, 0.3) is 0 Å². The lowest BCUT2D eigenvalue weighted by molar-refractivity contribution is -0.0121. The smallest absolute Gasteiger partial charge is 0.0585 e. The Kier molecular flexibility index (Phi) is 5.27. The normalized spacial score (nSPS) is 40.3. The van der Waals surface area contributed by atoms with Crippen molar-refractivity contribution in [2.45, 2.75) is 58.7 Å². The van der Waals surface area contributed by atoms with Gasteiger partial charge in [0.05, 0.1) is 12.2 Å². The minimum absolute atomic E-state index is 0.117. The van der Waals surface area contributed by atoms with Gasteiger partial charge in [0.15, 0.2) is 0 Å². The summed E-state index contributed by atoms with van der Waals surface area (Å²) in [6.45, 7) is 9.68. The highest BCUT2D eigenvalue weighted by Gasteiger charge is 2.34. The average Bonchev–Trinajstić information content (AvgIpc) is 2.34. The molecule has 0 radical (unpaired) electrons. The lowest BCUT2D eigenvalue weighted by Crippen LogP contribution is -2.45. The van der Waals surface area contributed by atoms with Crippen molar-refractivity contribution in [3.05, 3.63) is 0 Å². The van der Waals surface area contributed by atoms with Crippen LogP contribution in [0.1, 0.15) is 46.5 Å². The van der Waals surface area contributed by atoms with Gasteiger partial charge in [-0.15, -0.1) is 0 Å². The molecule has 0 bridgehead atoms. The zero-order valence-corrected chi connectivity index (χ0v) is 12.8. The Balaban J connectivity index is 1.81. The third-order valence-electron chi connectivity index (χ3n) is 5.43. The van der Waals surface area contributed by atoms with E-state index >= 15 is 0 Å². The van der Waals surface area contributed by atoms with Crippen LogP contribution < -0.4 is 0 Å². The monoisotopic (exact) mass is 269 g/mol. The van der Waals surface area contributed by atoms with E-state index in [1.807, 2.05) is 6.92 Å². The summed E-state index contributed by atoms with van der Waals surface area (Å²) in [6, 6.07) is 0. The maximum Gasteiger partial charge on any atom is 0.0585 e. The minimum Gasteiger partial charge on any atom is -0.393 e. The van der Waals surface area contributed by atoms with Crippen LogP contribution >= 0.6 is 0 Å². The molecule has 1 aliphatic carbocycles. The van der Waals surface area contributed by atoms with Crippen molar-refractivity contribution in [1.29, 1.82) is 0 Å². The quantitative estimate of drug-likeness (QED) is 0.825. The summed E-state index contributed by atoms with van der Waals surface area (Å²) in [5.74, 6) is 2.22. The van der Waals surface area contributed by atoms with Crippen molar-refractivity contribution in [2.24, 2.45) is 23.7 Å². The molecule has 2 aliphatic rings. The van der Waals surface area contributed by atoms with Crippen LogP contribution in [0.2, 0.25) is 0 Å². The number of likely N-dealkylation sites (tertiary alicyclic amines) is 1. The van der Waals surface area contributed by atoms with Crippen molar-refractivity contribution >= 4 is 0 Å². The van der Waals surface area contributed by atoms with Gasteiger partial charge >= 0.3 is 0 Å². The molecule has 1 saturated heterocycles. The predicted molar refractivity (Wildman–Crippen MR) is 77.9 cm³/mol. The number of piperidine rings is 1. The van der Waals surface area contributed by atoms with Crippen molar-refractivity contribution in [2.75, 3.05) is 19.6 Å². The van der Waals surface area contributed by atoms with E-state index in [9.17, 15) is 10.2 Å². The number of hydrogen-bond donors (Lipinski definition) is 2. The van der Waals surface area contributed by atoms with Crippen molar-refractivity contribution in [3.63, 3.8) is 0 Å². The van der Waals surface area contributed by atoms with Crippen molar-refractivity contribution in [1.82, 2.24) is 4.90 Å². The molecule has 3 heteroatoms. The van der Waals surface area contributed by atoms with Crippen LogP contribution in [0.4, 0.5) is 0 Å². The number of nitrogens with zero attached hydrogens (tertiary/aromatic N) is 1. The first-order valence-corrected chi connectivity index (χ1v) is 8.05. The van der Waals surface area contributed by atoms with Gasteiger partial charge in [0.2, 0.25) is 0 Å². The topological polar surface area (TPSA) is 43.7 Å². The summed E-state index contributed by atoms with van der Waals surface area (Å²) in [7, 11) is 0. The summed E-state index contributed by atoms with van der Waals surface area (Å²) in [6.07, 6.45) is 4.15. The number of aliphatic hydroxyl groups is 2. The van der Waals surface area contributed by atoms with Gasteiger partial charge in [-0.25, -0.2) is 0 Å². The maximum atomic E-state index is 10.3. The molecule has 5 atom stereocenters. The third-order valence-corrected chi connectivity index (χ3v) is 5.43. The molecule has 0 aromatic heterocycles. The van der Waals surface area contributed by atoms with Crippen LogP contribution in [0, 0.1) is 23.7 Å². The Hall–Kier alpha value is -0.120. The van der Waals surface area contributed by atoms with E-state index in [0.29, 0.717) is 23.7 Å². The second-order valence-corrected chi connectivity index (χ2v) is 7.16. The van der Waals surface area contributed by atoms with Gasteiger partial charge in [0.25, 0.3) is 0 Å². The molecule has 5 unspecified atom stereocenters. The second-order valence-electron chi connectivity index (χ2n) is 7.16. The fourth-order valence-electron chi connectivity index (χ4n) is 4.09. The molecular weight excluding hydrogens is 238 g/mol. The summed E-state index contributed by atoms with van der Waals surface area (Å²) < 4.78 is 0. The Bertz CT molecular complexity index is 262. The molecular formula is C16H31NO2. The predicted octanol–water partition coefficient (Wildman–Crippen LogP) is 2.12. The Morgan fingerprint density at radius 2 is 1.79 bits per heavy atom. The van der Waals surface area contributed by atoms with Crippen LogP contribution in [-0.4, -0.2) is 47.0 Å². The third kappa shape index (κ3) is 3.93. The molecule has 2 N–H and O–H groups in total. The molecule has 1 saturated carbocycles. The standard InChI is InChI=1S/C16H31NO2/c1-11-8-12(2)15(16(19)9-11)10-17-6-4-14(5-7-17)13(3)18/h11-16,18-19H,4-10H2,1-3H3. The Morgan fingerprint density at radius 1 is 1.16 bits per heavy atom. The highest BCUT2D eigenvalue weighted by molar-refractivity contribution is 4.86. The molecule has 0 amide bonds. The van der Waals surface area contributed by atoms with Gasteiger partial charge in [-0.3, -0.25) is 0 Å². The molecule has 0 spiro atoms. The fourth-order valence-corrected chi connectivity index (χ4v) is 4.09. The van der Waals surface area contributed by atoms with Gasteiger partial charge in [-0.1, -0.05) is 13.8 Å². The molecule has 2 fully saturated rings. The zero-order chi connectivity index (χ0) is 14.0. The molecule has 1 aliphatic heterocycles. The van der Waals surface area contributed by atoms with E-state index < -0.39 is 0 Å². The number of aliphatic hydroxyl groups excluding tert-OH is 2. The first-order chi connectivity index (χ1) is 8.97. The molecule has 112 valence electrons. The van der Waals surface area contributed by atoms with E-state index in [4.69, 9.17) is 0 Å².